The summed E-state index contributed by atoms with van der Waals surface area (Å²) in [7, 11) is -3.64. The minimum Gasteiger partial charge on any atom is -0.490 e. The van der Waals surface area contributed by atoms with Crippen molar-refractivity contribution >= 4 is 27.5 Å². The number of hydrogen-bond acceptors (Lipinski definition) is 9. The van der Waals surface area contributed by atoms with Gasteiger partial charge in [0.1, 0.15) is 23.8 Å². The second-order valence-corrected chi connectivity index (χ2v) is 9.59. The molecule has 0 unspecified atom stereocenters. The molecule has 1 N–H and O–H groups in total. The van der Waals surface area contributed by atoms with Gasteiger partial charge < -0.3 is 19.7 Å². The Balaban J connectivity index is 1.26. The minimum absolute atomic E-state index is 0.212. The molecule has 10 nitrogen and oxygen atoms in total. The van der Waals surface area contributed by atoms with Crippen LogP contribution >= 0.6 is 0 Å². The summed E-state index contributed by atoms with van der Waals surface area (Å²) >= 11 is 0. The van der Waals surface area contributed by atoms with Crippen LogP contribution in [-0.4, -0.2) is 67.1 Å². The van der Waals surface area contributed by atoms with Crippen LogP contribution in [0, 0.1) is 0 Å². The summed E-state index contributed by atoms with van der Waals surface area (Å²) in [4.78, 5) is 15.1. The highest BCUT2D eigenvalue weighted by Crippen LogP contribution is 2.33. The molecule has 4 heterocycles. The molecule has 172 valence electrons. The van der Waals surface area contributed by atoms with Crippen LogP contribution in [0.15, 0.2) is 59.9 Å². The molecule has 0 atom stereocenters. The van der Waals surface area contributed by atoms with E-state index in [-0.39, 0.29) is 4.90 Å². The highest BCUT2D eigenvalue weighted by atomic mass is 32.2. The first-order valence-corrected chi connectivity index (χ1v) is 12.2. The zero-order valence-electron chi connectivity index (χ0n) is 17.9. The Morgan fingerprint density at radius 1 is 0.848 bits per heavy atom. The fraction of sp³-hybridized carbons (Fsp3) is 0.318. The second-order valence-electron chi connectivity index (χ2n) is 7.65. The van der Waals surface area contributed by atoms with Crippen molar-refractivity contribution in [2.75, 3.05) is 49.6 Å². The van der Waals surface area contributed by atoms with Crippen LogP contribution < -0.4 is 19.7 Å². The third-order valence-corrected chi connectivity index (χ3v) is 7.39. The number of nitrogens with zero attached hydrogens (tertiary/aromatic N) is 5. The standard InChI is InChI=1S/C22H24N6O4S/c29-33(30,17-5-6-18-19(14-17)32-13-3-12-31-18)28-10-8-27(9-11-28)22-15-21(24-16-25-22)26-20-4-1-2-7-23-20/h1-2,4-7,14-16H,3,8-13H2,(H,23,24,25,26). The van der Waals surface area contributed by atoms with Crippen LogP contribution in [0.2, 0.25) is 0 Å². The molecule has 0 radical (unpaired) electrons. The van der Waals surface area contributed by atoms with Gasteiger partial charge in [0.2, 0.25) is 10.0 Å². The molecule has 0 aliphatic carbocycles. The molecular weight excluding hydrogens is 444 g/mol. The van der Waals surface area contributed by atoms with Gasteiger partial charge in [-0.05, 0) is 24.3 Å². The van der Waals surface area contributed by atoms with Crippen molar-refractivity contribution in [1.82, 2.24) is 19.3 Å². The Morgan fingerprint density at radius 2 is 1.67 bits per heavy atom. The highest BCUT2D eigenvalue weighted by molar-refractivity contribution is 7.89. The summed E-state index contributed by atoms with van der Waals surface area (Å²) in [5.74, 6) is 3.10. The van der Waals surface area contributed by atoms with Crippen LogP contribution in [0.1, 0.15) is 6.42 Å². The molecule has 2 aliphatic heterocycles. The number of hydrogen-bond donors (Lipinski definition) is 1. The van der Waals surface area contributed by atoms with E-state index in [4.69, 9.17) is 9.47 Å². The largest absolute Gasteiger partial charge is 0.490 e. The Bertz CT molecular complexity index is 1220. The number of sulfonamides is 1. The zero-order valence-corrected chi connectivity index (χ0v) is 18.7. The maximum atomic E-state index is 13.2. The first kappa shape index (κ1) is 21.4. The van der Waals surface area contributed by atoms with Gasteiger partial charge in [0.15, 0.2) is 11.5 Å². The number of pyridine rings is 1. The molecule has 2 aromatic heterocycles. The van der Waals surface area contributed by atoms with Gasteiger partial charge in [0, 0.05) is 50.9 Å². The quantitative estimate of drug-likeness (QED) is 0.603. The fourth-order valence-electron chi connectivity index (χ4n) is 3.77. The summed E-state index contributed by atoms with van der Waals surface area (Å²) in [6.45, 7) is 2.80. The summed E-state index contributed by atoms with van der Waals surface area (Å²) < 4.78 is 39.2. The fourth-order valence-corrected chi connectivity index (χ4v) is 5.21. The Kier molecular flexibility index (Phi) is 5.97. The van der Waals surface area contributed by atoms with Gasteiger partial charge in [0.25, 0.3) is 0 Å². The van der Waals surface area contributed by atoms with E-state index in [1.807, 2.05) is 29.2 Å². The molecule has 0 saturated carbocycles. The predicted molar refractivity (Wildman–Crippen MR) is 123 cm³/mol. The third kappa shape index (κ3) is 4.69. The van der Waals surface area contributed by atoms with Gasteiger partial charge in [-0.25, -0.2) is 23.4 Å². The summed E-state index contributed by atoms with van der Waals surface area (Å²) in [5, 5.41) is 3.15. The number of anilines is 3. The molecule has 2 aliphatic rings. The van der Waals surface area contributed by atoms with Crippen molar-refractivity contribution in [2.24, 2.45) is 0 Å². The lowest BCUT2D eigenvalue weighted by atomic mass is 10.3. The Morgan fingerprint density at radius 3 is 2.45 bits per heavy atom. The Hall–Kier alpha value is -3.44. The molecule has 33 heavy (non-hydrogen) atoms. The number of nitrogens with one attached hydrogen (secondary N) is 1. The molecular formula is C22H24N6O4S. The predicted octanol–water partition coefficient (Wildman–Crippen LogP) is 2.29. The highest BCUT2D eigenvalue weighted by Gasteiger charge is 2.30. The van der Waals surface area contributed by atoms with Crippen molar-refractivity contribution in [1.29, 1.82) is 0 Å². The van der Waals surface area contributed by atoms with E-state index < -0.39 is 10.0 Å². The van der Waals surface area contributed by atoms with Gasteiger partial charge >= 0.3 is 0 Å². The summed E-state index contributed by atoms with van der Waals surface area (Å²) in [6, 6.07) is 12.2. The summed E-state index contributed by atoms with van der Waals surface area (Å²) in [5.41, 5.74) is 0. The van der Waals surface area contributed by atoms with Crippen molar-refractivity contribution < 1.29 is 17.9 Å². The first-order chi connectivity index (χ1) is 16.1. The number of piperazine rings is 1. The van der Waals surface area contributed by atoms with Crippen molar-refractivity contribution in [3.8, 4) is 11.5 Å². The topological polar surface area (TPSA) is 110 Å². The minimum atomic E-state index is -3.64. The molecule has 1 fully saturated rings. The third-order valence-electron chi connectivity index (χ3n) is 5.49. The van der Waals surface area contributed by atoms with Crippen molar-refractivity contribution in [3.05, 3.63) is 55.0 Å². The summed E-state index contributed by atoms with van der Waals surface area (Å²) in [6.07, 6.45) is 3.95. The molecule has 0 amide bonds. The maximum Gasteiger partial charge on any atom is 0.243 e. The van der Waals surface area contributed by atoms with Crippen LogP contribution in [0.25, 0.3) is 0 Å². The van der Waals surface area contributed by atoms with E-state index in [0.717, 1.165) is 12.2 Å². The maximum absolute atomic E-state index is 13.2. The van der Waals surface area contributed by atoms with Gasteiger partial charge in [-0.1, -0.05) is 6.07 Å². The Labute approximate surface area is 192 Å². The first-order valence-electron chi connectivity index (χ1n) is 10.7. The van der Waals surface area contributed by atoms with Crippen LogP contribution in [0.4, 0.5) is 17.5 Å². The van der Waals surface area contributed by atoms with E-state index >= 15 is 0 Å². The average molecular weight is 469 g/mol. The molecule has 1 saturated heterocycles. The molecule has 0 bridgehead atoms. The smallest absolute Gasteiger partial charge is 0.243 e. The van der Waals surface area contributed by atoms with Crippen LogP contribution in [0.5, 0.6) is 11.5 Å². The van der Waals surface area contributed by atoms with E-state index in [1.165, 1.54) is 10.6 Å². The van der Waals surface area contributed by atoms with E-state index in [9.17, 15) is 8.42 Å². The van der Waals surface area contributed by atoms with Crippen molar-refractivity contribution in [3.63, 3.8) is 0 Å². The number of rotatable bonds is 5. The van der Waals surface area contributed by atoms with E-state index in [1.54, 1.807) is 24.4 Å². The van der Waals surface area contributed by atoms with Gasteiger partial charge in [-0.3, -0.25) is 0 Å². The molecule has 1 aromatic carbocycles. The van der Waals surface area contributed by atoms with Crippen molar-refractivity contribution in [2.45, 2.75) is 11.3 Å². The number of fused-ring (bicyclic) bond motifs is 1. The lowest BCUT2D eigenvalue weighted by molar-refractivity contribution is 0.296. The zero-order chi connectivity index (χ0) is 22.7. The number of aromatic nitrogens is 3. The van der Waals surface area contributed by atoms with Gasteiger partial charge in [0.05, 0.1) is 18.1 Å². The average Bonchev–Trinajstić information content (AvgIpc) is 3.10. The van der Waals surface area contributed by atoms with Gasteiger partial charge in [-0.2, -0.15) is 4.31 Å². The lowest BCUT2D eigenvalue weighted by Gasteiger charge is -2.34. The lowest BCUT2D eigenvalue weighted by Crippen LogP contribution is -2.48. The molecule has 5 rings (SSSR count). The van der Waals surface area contributed by atoms with Gasteiger partial charge in [-0.15, -0.1) is 0 Å². The van der Waals surface area contributed by atoms with Crippen LogP contribution in [0.3, 0.4) is 0 Å². The molecule has 3 aromatic rings. The molecule has 11 heteroatoms. The number of benzene rings is 1. The normalized spacial score (nSPS) is 16.8. The van der Waals surface area contributed by atoms with E-state index in [0.29, 0.717) is 62.5 Å². The SMILES string of the molecule is O=S(=O)(c1ccc2c(c1)OCCCO2)N1CCN(c2cc(Nc3ccccn3)ncn2)CC1. The molecule has 0 spiro atoms. The monoisotopic (exact) mass is 468 g/mol. The second kappa shape index (κ2) is 9.20. The number of ether oxygens (including phenoxy) is 2. The van der Waals surface area contributed by atoms with Crippen LogP contribution in [-0.2, 0) is 10.0 Å². The van der Waals surface area contributed by atoms with E-state index in [2.05, 4.69) is 20.3 Å².